The molecular weight excluding hydrogens is 272 g/mol. The monoisotopic (exact) mass is 286 g/mol. The largest absolute Gasteiger partial charge is 0.495 e. The van der Waals surface area contributed by atoms with Crippen LogP contribution in [0.4, 0.5) is 0 Å². The van der Waals surface area contributed by atoms with Crippen LogP contribution in [0.3, 0.4) is 0 Å². The first-order valence-electron chi connectivity index (χ1n) is 6.34. The number of pyridine rings is 1. The summed E-state index contributed by atoms with van der Waals surface area (Å²) in [6.07, 6.45) is 1.43. The number of aromatic nitrogens is 4. The molecule has 3 rings (SSSR count). The van der Waals surface area contributed by atoms with Gasteiger partial charge in [0.05, 0.1) is 31.0 Å². The van der Waals surface area contributed by atoms with Crippen molar-refractivity contribution in [2.75, 3.05) is 14.2 Å². The number of carbonyl (C=O) groups excluding carboxylic acids is 1. The molecule has 0 spiro atoms. The Hall–Kier alpha value is -2.70. The van der Waals surface area contributed by atoms with Crippen molar-refractivity contribution in [2.45, 2.75) is 13.8 Å². The van der Waals surface area contributed by atoms with E-state index in [-0.39, 0.29) is 5.56 Å². The minimum atomic E-state index is -0.502. The van der Waals surface area contributed by atoms with E-state index in [1.54, 1.807) is 4.52 Å². The van der Waals surface area contributed by atoms with Gasteiger partial charge in [0.2, 0.25) is 0 Å². The lowest BCUT2D eigenvalue weighted by Crippen LogP contribution is -2.08. The van der Waals surface area contributed by atoms with E-state index in [4.69, 9.17) is 9.47 Å². The Bertz CT molecular complexity index is 870. The Labute approximate surface area is 120 Å². The fraction of sp³-hybridized carbons (Fsp3) is 0.286. The van der Waals surface area contributed by atoms with Crippen LogP contribution in [0.2, 0.25) is 0 Å². The lowest BCUT2D eigenvalue weighted by atomic mass is 10.1. The van der Waals surface area contributed by atoms with Crippen LogP contribution in [0.25, 0.3) is 16.7 Å². The van der Waals surface area contributed by atoms with E-state index < -0.39 is 5.97 Å². The number of carbonyl (C=O) groups is 1. The summed E-state index contributed by atoms with van der Waals surface area (Å²) < 4.78 is 11.8. The molecule has 0 amide bonds. The summed E-state index contributed by atoms with van der Waals surface area (Å²) in [4.78, 5) is 20.7. The topological polar surface area (TPSA) is 78.6 Å². The molecule has 3 aromatic rings. The predicted molar refractivity (Wildman–Crippen MR) is 75.7 cm³/mol. The van der Waals surface area contributed by atoms with Gasteiger partial charge in [-0.2, -0.15) is 9.61 Å². The maximum Gasteiger partial charge on any atom is 0.343 e. The van der Waals surface area contributed by atoms with Crippen LogP contribution in [-0.2, 0) is 4.74 Å². The van der Waals surface area contributed by atoms with Crippen LogP contribution >= 0.6 is 0 Å². The Morgan fingerprint density at radius 3 is 2.71 bits per heavy atom. The fourth-order valence-electron chi connectivity index (χ4n) is 2.39. The summed E-state index contributed by atoms with van der Waals surface area (Å²) in [6.45, 7) is 3.73. The van der Waals surface area contributed by atoms with Gasteiger partial charge in [-0.1, -0.05) is 0 Å². The number of esters is 1. The summed E-state index contributed by atoms with van der Waals surface area (Å²) in [5.41, 5.74) is 3.12. The minimum absolute atomic E-state index is 0.264. The summed E-state index contributed by atoms with van der Waals surface area (Å²) in [5.74, 6) is -0.107. The maximum atomic E-state index is 11.8. The first-order valence-corrected chi connectivity index (χ1v) is 6.34. The van der Waals surface area contributed by atoms with Gasteiger partial charge in [0, 0.05) is 12.3 Å². The molecule has 0 aliphatic heterocycles. The molecule has 0 aliphatic carbocycles. The normalized spacial score (nSPS) is 11.0. The zero-order valence-corrected chi connectivity index (χ0v) is 12.2. The van der Waals surface area contributed by atoms with Crippen LogP contribution in [0, 0.1) is 13.8 Å². The van der Waals surface area contributed by atoms with Gasteiger partial charge in [-0.05, 0) is 13.8 Å². The lowest BCUT2D eigenvalue weighted by molar-refractivity contribution is 0.0597. The van der Waals surface area contributed by atoms with Gasteiger partial charge in [-0.15, -0.1) is 0 Å². The van der Waals surface area contributed by atoms with Crippen molar-refractivity contribution in [1.29, 1.82) is 0 Å². The van der Waals surface area contributed by atoms with Gasteiger partial charge in [-0.3, -0.25) is 0 Å². The van der Waals surface area contributed by atoms with Crippen molar-refractivity contribution in [3.8, 4) is 5.75 Å². The molecule has 3 aromatic heterocycles. The van der Waals surface area contributed by atoms with Crippen LogP contribution in [0.5, 0.6) is 5.75 Å². The second-order valence-corrected chi connectivity index (χ2v) is 4.65. The molecule has 21 heavy (non-hydrogen) atoms. The van der Waals surface area contributed by atoms with E-state index >= 15 is 0 Å². The van der Waals surface area contributed by atoms with Gasteiger partial charge in [0.15, 0.2) is 11.3 Å². The molecule has 0 saturated heterocycles. The smallest absolute Gasteiger partial charge is 0.343 e. The van der Waals surface area contributed by atoms with E-state index in [1.807, 2.05) is 19.9 Å². The number of hydrogen-bond acceptors (Lipinski definition) is 6. The fourth-order valence-corrected chi connectivity index (χ4v) is 2.39. The van der Waals surface area contributed by atoms with Crippen LogP contribution < -0.4 is 4.74 Å². The number of methoxy groups -OCH3 is 2. The second-order valence-electron chi connectivity index (χ2n) is 4.65. The Kier molecular flexibility index (Phi) is 2.97. The molecule has 0 unspecified atom stereocenters. The highest BCUT2D eigenvalue weighted by molar-refractivity contribution is 6.00. The quantitative estimate of drug-likeness (QED) is 0.667. The van der Waals surface area contributed by atoms with Gasteiger partial charge >= 0.3 is 5.97 Å². The Morgan fingerprint density at radius 1 is 1.29 bits per heavy atom. The van der Waals surface area contributed by atoms with Crippen molar-refractivity contribution < 1.29 is 14.3 Å². The van der Waals surface area contributed by atoms with Gasteiger partial charge < -0.3 is 9.47 Å². The SMILES string of the molecule is COC(=O)c1cnc2c(c(C)nc3cc(C)nn32)c1OC. The molecule has 0 fully saturated rings. The molecule has 0 bridgehead atoms. The Morgan fingerprint density at radius 2 is 2.05 bits per heavy atom. The lowest BCUT2D eigenvalue weighted by Gasteiger charge is -2.11. The molecule has 0 saturated carbocycles. The highest BCUT2D eigenvalue weighted by Crippen LogP contribution is 2.31. The molecule has 3 heterocycles. The average Bonchev–Trinajstić information content (AvgIpc) is 2.85. The highest BCUT2D eigenvalue weighted by atomic mass is 16.5. The van der Waals surface area contributed by atoms with E-state index in [1.165, 1.54) is 20.4 Å². The number of rotatable bonds is 2. The molecule has 0 aromatic carbocycles. The number of ether oxygens (including phenoxy) is 2. The number of fused-ring (bicyclic) bond motifs is 3. The summed E-state index contributed by atoms with van der Waals surface area (Å²) in [5, 5.41) is 5.02. The van der Waals surface area contributed by atoms with Crippen LogP contribution in [-0.4, -0.2) is 39.8 Å². The van der Waals surface area contributed by atoms with Crippen LogP contribution in [0.15, 0.2) is 12.3 Å². The van der Waals surface area contributed by atoms with E-state index in [0.717, 1.165) is 5.69 Å². The molecule has 7 nitrogen and oxygen atoms in total. The van der Waals surface area contributed by atoms with Crippen molar-refractivity contribution >= 4 is 22.6 Å². The van der Waals surface area contributed by atoms with E-state index in [2.05, 4.69) is 15.1 Å². The number of nitrogens with zero attached hydrogens (tertiary/aromatic N) is 4. The van der Waals surface area contributed by atoms with E-state index in [9.17, 15) is 4.79 Å². The Balaban J connectivity index is 2.47. The summed E-state index contributed by atoms with van der Waals surface area (Å²) >= 11 is 0. The van der Waals surface area contributed by atoms with Crippen molar-refractivity contribution in [3.63, 3.8) is 0 Å². The predicted octanol–water partition coefficient (Wildman–Crippen LogP) is 1.69. The number of hydrogen-bond donors (Lipinski definition) is 0. The third-order valence-corrected chi connectivity index (χ3v) is 3.28. The molecule has 108 valence electrons. The second kappa shape index (κ2) is 4.69. The molecular formula is C14H14N4O3. The van der Waals surface area contributed by atoms with Gasteiger partial charge in [-0.25, -0.2) is 14.8 Å². The third kappa shape index (κ3) is 1.89. The molecule has 0 aliphatic rings. The molecule has 0 atom stereocenters. The molecule has 0 N–H and O–H groups in total. The van der Waals surface area contributed by atoms with Gasteiger partial charge in [0.25, 0.3) is 0 Å². The standard InChI is InChI=1S/C14H14N4O3/c1-7-5-10-16-8(2)11-12(20-3)9(14(19)21-4)6-15-13(11)18(10)17-7/h5-6H,1-4H3. The zero-order valence-electron chi connectivity index (χ0n) is 12.2. The summed E-state index contributed by atoms with van der Waals surface area (Å²) in [6, 6.07) is 1.87. The maximum absolute atomic E-state index is 11.8. The van der Waals surface area contributed by atoms with E-state index in [0.29, 0.717) is 28.1 Å². The summed E-state index contributed by atoms with van der Waals surface area (Å²) in [7, 11) is 2.82. The number of aryl methyl sites for hydroxylation is 2. The van der Waals surface area contributed by atoms with Crippen molar-refractivity contribution in [2.24, 2.45) is 0 Å². The average molecular weight is 286 g/mol. The van der Waals surface area contributed by atoms with Crippen molar-refractivity contribution in [1.82, 2.24) is 19.6 Å². The first-order chi connectivity index (χ1) is 10.1. The zero-order chi connectivity index (χ0) is 15.1. The highest BCUT2D eigenvalue weighted by Gasteiger charge is 2.21. The first kappa shape index (κ1) is 13.3. The van der Waals surface area contributed by atoms with Crippen molar-refractivity contribution in [3.05, 3.63) is 29.2 Å². The molecule has 0 radical (unpaired) electrons. The minimum Gasteiger partial charge on any atom is -0.495 e. The third-order valence-electron chi connectivity index (χ3n) is 3.28. The molecule has 7 heteroatoms. The van der Waals surface area contributed by atoms with Gasteiger partial charge in [0.1, 0.15) is 11.3 Å². The van der Waals surface area contributed by atoms with Crippen LogP contribution in [0.1, 0.15) is 21.7 Å².